The molecule has 0 radical (unpaired) electrons. The van der Waals surface area contributed by atoms with Crippen LogP contribution in [0.5, 0.6) is 0 Å². The van der Waals surface area contributed by atoms with Gasteiger partial charge in [-0.05, 0) is 37.5 Å². The van der Waals surface area contributed by atoms with Gasteiger partial charge in [-0.2, -0.15) is 0 Å². The van der Waals surface area contributed by atoms with Gasteiger partial charge in [-0.25, -0.2) is 0 Å². The van der Waals surface area contributed by atoms with Crippen molar-refractivity contribution < 1.29 is 0 Å². The van der Waals surface area contributed by atoms with E-state index in [1.54, 1.807) is 11.1 Å². The summed E-state index contributed by atoms with van der Waals surface area (Å²) >= 11 is 0. The Hall–Kier alpha value is -1.04. The summed E-state index contributed by atoms with van der Waals surface area (Å²) in [5, 5.41) is 0. The molecule has 0 amide bonds. The number of hydrogen-bond donors (Lipinski definition) is 0. The molecule has 0 aromatic heterocycles. The van der Waals surface area contributed by atoms with Gasteiger partial charge in [0.15, 0.2) is 0 Å². The van der Waals surface area contributed by atoms with Crippen LogP contribution in [0.4, 0.5) is 0 Å². The molecule has 0 aromatic carbocycles. The largest absolute Gasteiger partial charge is 0.0842 e. The van der Waals surface area contributed by atoms with E-state index in [9.17, 15) is 0 Å². The van der Waals surface area contributed by atoms with E-state index < -0.39 is 0 Å². The van der Waals surface area contributed by atoms with Crippen molar-refractivity contribution in [3.05, 3.63) is 47.6 Å². The monoisotopic (exact) mass is 214 g/mol. The molecule has 0 heterocycles. The fourth-order valence-electron chi connectivity index (χ4n) is 2.64. The Bertz CT molecular complexity index is 316. The summed E-state index contributed by atoms with van der Waals surface area (Å²) in [7, 11) is 0. The zero-order valence-electron chi connectivity index (χ0n) is 10.4. The Morgan fingerprint density at radius 2 is 1.25 bits per heavy atom. The summed E-state index contributed by atoms with van der Waals surface area (Å²) in [4.78, 5) is 0. The molecule has 2 aliphatic rings. The van der Waals surface area contributed by atoms with Crippen molar-refractivity contribution in [3.63, 3.8) is 0 Å². The molecule has 0 bridgehead atoms. The van der Waals surface area contributed by atoms with Crippen LogP contribution >= 0.6 is 0 Å². The van der Waals surface area contributed by atoms with Gasteiger partial charge in [-0.3, -0.25) is 0 Å². The third kappa shape index (κ3) is 2.55. The lowest BCUT2D eigenvalue weighted by molar-refractivity contribution is 0.474. The fraction of sp³-hybridized carbons (Fsp3) is 0.500. The molecule has 0 heteroatoms. The summed E-state index contributed by atoms with van der Waals surface area (Å²) in [5.41, 5.74) is 3.26. The lowest BCUT2D eigenvalue weighted by atomic mass is 9.78. The Morgan fingerprint density at radius 1 is 0.812 bits per heavy atom. The molecule has 0 N–H and O–H groups in total. The van der Waals surface area contributed by atoms with Gasteiger partial charge in [0, 0.05) is 0 Å². The Kier molecular flexibility index (Phi) is 3.82. The molecule has 0 fully saturated rings. The van der Waals surface area contributed by atoms with E-state index in [1.165, 1.54) is 25.7 Å². The second kappa shape index (κ2) is 5.34. The molecule has 2 unspecified atom stereocenters. The lowest BCUT2D eigenvalue weighted by Gasteiger charge is -2.27. The van der Waals surface area contributed by atoms with Crippen molar-refractivity contribution in [1.82, 2.24) is 0 Å². The molecule has 0 aromatic rings. The van der Waals surface area contributed by atoms with Crippen molar-refractivity contribution in [1.29, 1.82) is 0 Å². The summed E-state index contributed by atoms with van der Waals surface area (Å²) in [6.45, 7) is 4.77. The maximum atomic E-state index is 2.38. The number of allylic oxidation sites excluding steroid dienone is 8. The van der Waals surface area contributed by atoms with Gasteiger partial charge < -0.3 is 0 Å². The summed E-state index contributed by atoms with van der Waals surface area (Å²) < 4.78 is 0. The number of hydrogen-bond acceptors (Lipinski definition) is 0. The van der Waals surface area contributed by atoms with Crippen LogP contribution in [0.1, 0.15) is 39.5 Å². The van der Waals surface area contributed by atoms with Crippen LogP contribution in [0.25, 0.3) is 0 Å². The molecular weight excluding hydrogens is 192 g/mol. The second-order valence-electron chi connectivity index (χ2n) is 4.99. The van der Waals surface area contributed by atoms with Gasteiger partial charge in [0.2, 0.25) is 0 Å². The van der Waals surface area contributed by atoms with Gasteiger partial charge in [-0.15, -0.1) is 0 Å². The van der Waals surface area contributed by atoms with Crippen LogP contribution in [0, 0.1) is 11.8 Å². The van der Waals surface area contributed by atoms with Crippen LogP contribution in [0.3, 0.4) is 0 Å². The molecule has 2 rings (SSSR count). The Labute approximate surface area is 99.4 Å². The van der Waals surface area contributed by atoms with Gasteiger partial charge in [0.1, 0.15) is 0 Å². The van der Waals surface area contributed by atoms with Crippen LogP contribution in [-0.2, 0) is 0 Å². The van der Waals surface area contributed by atoms with Crippen molar-refractivity contribution in [3.8, 4) is 0 Å². The summed E-state index contributed by atoms with van der Waals surface area (Å²) in [6, 6.07) is 0. The summed E-state index contributed by atoms with van der Waals surface area (Å²) in [5.74, 6) is 1.39. The predicted molar refractivity (Wildman–Crippen MR) is 71.2 cm³/mol. The van der Waals surface area contributed by atoms with Crippen molar-refractivity contribution in [2.75, 3.05) is 0 Å². The van der Waals surface area contributed by atoms with Crippen LogP contribution in [-0.4, -0.2) is 0 Å². The van der Waals surface area contributed by atoms with Gasteiger partial charge >= 0.3 is 0 Å². The van der Waals surface area contributed by atoms with Gasteiger partial charge in [-0.1, -0.05) is 61.4 Å². The maximum absolute atomic E-state index is 2.38. The second-order valence-corrected chi connectivity index (χ2v) is 4.99. The van der Waals surface area contributed by atoms with E-state index in [4.69, 9.17) is 0 Å². The molecule has 0 saturated heterocycles. The van der Waals surface area contributed by atoms with Crippen LogP contribution < -0.4 is 0 Å². The molecule has 2 atom stereocenters. The topological polar surface area (TPSA) is 0 Å². The molecular formula is C16H22. The highest BCUT2D eigenvalue weighted by Gasteiger charge is 2.20. The minimum atomic E-state index is 0.697. The van der Waals surface area contributed by atoms with Crippen LogP contribution in [0.2, 0.25) is 0 Å². The van der Waals surface area contributed by atoms with E-state index in [0.29, 0.717) is 11.8 Å². The number of rotatable bonds is 3. The first-order valence-corrected chi connectivity index (χ1v) is 6.50. The van der Waals surface area contributed by atoms with Gasteiger partial charge in [0.25, 0.3) is 0 Å². The van der Waals surface area contributed by atoms with Crippen LogP contribution in [0.15, 0.2) is 47.6 Å². The predicted octanol–water partition coefficient (Wildman–Crippen LogP) is 4.81. The highest BCUT2D eigenvalue weighted by Crippen LogP contribution is 2.33. The molecule has 0 spiro atoms. The Balaban J connectivity index is 2.06. The van der Waals surface area contributed by atoms with E-state index in [0.717, 1.165) is 0 Å². The normalized spacial score (nSPS) is 23.6. The summed E-state index contributed by atoms with van der Waals surface area (Å²) in [6.07, 6.45) is 18.6. The van der Waals surface area contributed by atoms with E-state index in [1.807, 2.05) is 0 Å². The average molecular weight is 214 g/mol. The highest BCUT2D eigenvalue weighted by atomic mass is 14.2. The lowest BCUT2D eigenvalue weighted by Crippen LogP contribution is -2.14. The molecule has 86 valence electrons. The standard InChI is InChI=1S/C16H22/c1-13(15-9-5-3-6-10-15)14(2)16-11-7-4-8-12-16/h3-5,7,9,11,13-14H,6,8,10,12H2,1-2H3. The third-order valence-electron chi connectivity index (χ3n) is 4.01. The zero-order valence-corrected chi connectivity index (χ0v) is 10.4. The molecule has 2 aliphatic carbocycles. The van der Waals surface area contributed by atoms with E-state index >= 15 is 0 Å². The SMILES string of the molecule is CC(C1=CC=CCC1)C(C)C1=CC=CCC1. The van der Waals surface area contributed by atoms with Gasteiger partial charge in [0.05, 0.1) is 0 Å². The third-order valence-corrected chi connectivity index (χ3v) is 4.01. The molecule has 16 heavy (non-hydrogen) atoms. The average Bonchev–Trinajstić information content (AvgIpc) is 2.39. The smallest absolute Gasteiger partial charge is 0.0165 e. The molecule has 0 nitrogen and oxygen atoms in total. The first-order valence-electron chi connectivity index (χ1n) is 6.50. The van der Waals surface area contributed by atoms with E-state index in [-0.39, 0.29) is 0 Å². The van der Waals surface area contributed by atoms with Crippen molar-refractivity contribution in [2.24, 2.45) is 11.8 Å². The fourth-order valence-corrected chi connectivity index (χ4v) is 2.64. The Morgan fingerprint density at radius 3 is 1.56 bits per heavy atom. The quantitative estimate of drug-likeness (QED) is 0.632. The highest BCUT2D eigenvalue weighted by molar-refractivity contribution is 5.25. The van der Waals surface area contributed by atoms with Crippen molar-refractivity contribution in [2.45, 2.75) is 39.5 Å². The maximum Gasteiger partial charge on any atom is -0.0165 e. The molecule has 0 aliphatic heterocycles. The zero-order chi connectivity index (χ0) is 11.4. The first-order chi connectivity index (χ1) is 7.79. The molecule has 0 saturated carbocycles. The van der Waals surface area contributed by atoms with Crippen molar-refractivity contribution >= 4 is 0 Å². The first kappa shape index (κ1) is 11.4. The minimum Gasteiger partial charge on any atom is -0.0842 e. The van der Waals surface area contributed by atoms with E-state index in [2.05, 4.69) is 50.3 Å². The minimum absolute atomic E-state index is 0.697.